The number of hydrogen-bond acceptors (Lipinski definition) is 5. The first-order valence-electron chi connectivity index (χ1n) is 11.9. The Morgan fingerprint density at radius 2 is 1.92 bits per heavy atom. The number of rotatable bonds is 5. The highest BCUT2D eigenvalue weighted by Gasteiger charge is 2.42. The second kappa shape index (κ2) is 8.70. The van der Waals surface area contributed by atoms with Gasteiger partial charge >= 0.3 is 0 Å². The predicted octanol–water partition coefficient (Wildman–Crippen LogP) is 4.42. The third-order valence-electron chi connectivity index (χ3n) is 7.16. The number of carbonyl (C=O) groups is 1. The number of halogens is 3. The molecule has 0 saturated carbocycles. The Balaban J connectivity index is 1.32. The van der Waals surface area contributed by atoms with E-state index in [2.05, 4.69) is 15.0 Å². The summed E-state index contributed by atoms with van der Waals surface area (Å²) in [6, 6.07) is 9.09. The summed E-state index contributed by atoms with van der Waals surface area (Å²) in [6.45, 7) is 0.191. The summed E-state index contributed by atoms with van der Waals surface area (Å²) in [4.78, 5) is 20.0. The van der Waals surface area contributed by atoms with E-state index in [1.807, 2.05) is 0 Å². The maximum Gasteiger partial charge on any atom is 0.195 e. The van der Waals surface area contributed by atoms with Crippen LogP contribution >= 0.6 is 0 Å². The summed E-state index contributed by atoms with van der Waals surface area (Å²) in [5.41, 5.74) is 2.91. The first kappa shape index (κ1) is 22.7. The van der Waals surface area contributed by atoms with E-state index in [0.717, 1.165) is 42.7 Å². The van der Waals surface area contributed by atoms with Gasteiger partial charge in [0.25, 0.3) is 0 Å². The SMILES string of the molecule is Cn1nc2c(c1-c1cc(F)c(F)c(F)c1)C[C@H]1CCC[C@@H]2N1CC(=O)c1cccc(-n2cccn2)n1. The number of fused-ring (bicyclic) bond motifs is 4. The van der Waals surface area contributed by atoms with Gasteiger partial charge in [-0.2, -0.15) is 10.2 Å². The molecule has 0 aliphatic carbocycles. The van der Waals surface area contributed by atoms with Crippen molar-refractivity contribution in [3.05, 3.63) is 83.2 Å². The van der Waals surface area contributed by atoms with Crippen molar-refractivity contribution in [3.63, 3.8) is 0 Å². The summed E-state index contributed by atoms with van der Waals surface area (Å²) in [6.07, 6.45) is 6.72. The van der Waals surface area contributed by atoms with E-state index < -0.39 is 17.5 Å². The van der Waals surface area contributed by atoms with Crippen LogP contribution in [0.3, 0.4) is 0 Å². The Morgan fingerprint density at radius 1 is 1.11 bits per heavy atom. The molecule has 0 radical (unpaired) electrons. The monoisotopic (exact) mass is 492 g/mol. The molecule has 0 N–H and O–H groups in total. The molecule has 2 atom stereocenters. The van der Waals surface area contributed by atoms with Crippen LogP contribution < -0.4 is 0 Å². The lowest BCUT2D eigenvalue weighted by Crippen LogP contribution is -2.48. The first-order valence-corrected chi connectivity index (χ1v) is 11.9. The lowest BCUT2D eigenvalue weighted by Gasteiger charge is -2.45. The van der Waals surface area contributed by atoms with Gasteiger partial charge in [-0.15, -0.1) is 0 Å². The van der Waals surface area contributed by atoms with Crippen LogP contribution in [0.5, 0.6) is 0 Å². The minimum atomic E-state index is -1.48. The van der Waals surface area contributed by atoms with Crippen LogP contribution in [0.1, 0.15) is 47.1 Å². The van der Waals surface area contributed by atoms with Crippen molar-refractivity contribution in [1.29, 1.82) is 0 Å². The Bertz CT molecular complexity index is 1440. The largest absolute Gasteiger partial charge is 0.291 e. The van der Waals surface area contributed by atoms with Crippen molar-refractivity contribution >= 4 is 5.78 Å². The van der Waals surface area contributed by atoms with Crippen molar-refractivity contribution in [1.82, 2.24) is 29.4 Å². The average molecular weight is 493 g/mol. The second-order valence-corrected chi connectivity index (χ2v) is 9.32. The Labute approximate surface area is 205 Å². The molecule has 1 saturated heterocycles. The van der Waals surface area contributed by atoms with Gasteiger partial charge in [0.05, 0.1) is 24.0 Å². The van der Waals surface area contributed by atoms with Crippen LogP contribution in [0.15, 0.2) is 48.8 Å². The standard InChI is InChI=1S/C26H23F3N6O/c1-33-26(15-11-18(27)24(29)19(28)12-15)17-13-16-5-2-7-21(25(17)32-33)34(16)14-22(36)20-6-3-8-23(31-20)35-10-4-9-30-35/h3-4,6,8-12,16,21H,2,5,7,13-14H2,1H3/t16-,21+/m1/s1. The fourth-order valence-electron chi connectivity index (χ4n) is 5.59. The molecular weight excluding hydrogens is 469 g/mol. The highest BCUT2D eigenvalue weighted by molar-refractivity contribution is 5.96. The van der Waals surface area contributed by atoms with E-state index >= 15 is 0 Å². The van der Waals surface area contributed by atoms with E-state index in [1.54, 1.807) is 53.1 Å². The molecule has 0 unspecified atom stereocenters. The number of hydrogen-bond donors (Lipinski definition) is 0. The number of ketones is 1. The van der Waals surface area contributed by atoms with Gasteiger partial charge in [0.15, 0.2) is 29.1 Å². The topological polar surface area (TPSA) is 68.8 Å². The number of pyridine rings is 1. The van der Waals surface area contributed by atoms with Gasteiger partial charge < -0.3 is 0 Å². The lowest BCUT2D eigenvalue weighted by atomic mass is 9.81. The molecule has 2 bridgehead atoms. The molecule has 184 valence electrons. The third-order valence-corrected chi connectivity index (χ3v) is 7.16. The predicted molar refractivity (Wildman–Crippen MR) is 125 cm³/mol. The van der Waals surface area contributed by atoms with Crippen LogP contribution in [-0.2, 0) is 13.5 Å². The molecule has 0 amide bonds. The Hall–Kier alpha value is -3.79. The summed E-state index contributed by atoms with van der Waals surface area (Å²) in [7, 11) is 1.72. The van der Waals surface area contributed by atoms with Crippen LogP contribution in [0.2, 0.25) is 0 Å². The lowest BCUT2D eigenvalue weighted by molar-refractivity contribution is 0.0559. The van der Waals surface area contributed by atoms with Crippen molar-refractivity contribution in [2.45, 2.75) is 37.8 Å². The molecule has 1 aromatic carbocycles. The van der Waals surface area contributed by atoms with Gasteiger partial charge in [-0.1, -0.05) is 6.07 Å². The third kappa shape index (κ3) is 3.72. The van der Waals surface area contributed by atoms with E-state index in [-0.39, 0.29) is 30.0 Å². The normalized spacial score (nSPS) is 19.3. The van der Waals surface area contributed by atoms with Gasteiger partial charge in [-0.3, -0.25) is 14.4 Å². The fourth-order valence-corrected chi connectivity index (χ4v) is 5.59. The molecule has 5 heterocycles. The van der Waals surface area contributed by atoms with Gasteiger partial charge in [0.1, 0.15) is 5.69 Å². The highest BCUT2D eigenvalue weighted by Crippen LogP contribution is 2.44. The van der Waals surface area contributed by atoms with Crippen LogP contribution in [0.25, 0.3) is 17.1 Å². The van der Waals surface area contributed by atoms with Crippen molar-refractivity contribution < 1.29 is 18.0 Å². The minimum absolute atomic E-state index is 0.0765. The van der Waals surface area contributed by atoms with Crippen LogP contribution in [0, 0.1) is 17.5 Å². The zero-order valence-corrected chi connectivity index (χ0v) is 19.5. The van der Waals surface area contributed by atoms with E-state index in [9.17, 15) is 18.0 Å². The average Bonchev–Trinajstić information content (AvgIpc) is 3.51. The maximum absolute atomic E-state index is 14.0. The maximum atomic E-state index is 14.0. The molecule has 4 aromatic rings. The number of nitrogens with zero attached hydrogens (tertiary/aromatic N) is 6. The fraction of sp³-hybridized carbons (Fsp3) is 0.308. The number of benzene rings is 1. The van der Waals surface area contributed by atoms with Gasteiger partial charge in [0.2, 0.25) is 0 Å². The Kier molecular flexibility index (Phi) is 5.48. The minimum Gasteiger partial charge on any atom is -0.291 e. The number of aromatic nitrogens is 5. The molecule has 7 nitrogen and oxygen atoms in total. The molecule has 10 heteroatoms. The quantitative estimate of drug-likeness (QED) is 0.305. The first-order chi connectivity index (χ1) is 17.4. The molecule has 0 spiro atoms. The van der Waals surface area contributed by atoms with Crippen molar-refractivity contribution in [2.75, 3.05) is 6.54 Å². The number of carbonyl (C=O) groups excluding carboxylic acids is 1. The summed E-state index contributed by atoms with van der Waals surface area (Å²) >= 11 is 0. The Morgan fingerprint density at radius 3 is 2.67 bits per heavy atom. The van der Waals surface area contributed by atoms with Gasteiger partial charge in [-0.05, 0) is 56.0 Å². The summed E-state index contributed by atoms with van der Waals surface area (Å²) in [5, 5.41) is 8.89. The van der Waals surface area contributed by atoms with Gasteiger partial charge in [0, 0.05) is 36.6 Å². The smallest absolute Gasteiger partial charge is 0.195 e. The van der Waals surface area contributed by atoms with E-state index in [0.29, 0.717) is 23.6 Å². The van der Waals surface area contributed by atoms with E-state index in [1.165, 1.54) is 0 Å². The van der Waals surface area contributed by atoms with Crippen molar-refractivity contribution in [3.8, 4) is 17.1 Å². The van der Waals surface area contributed by atoms with Crippen LogP contribution in [-0.4, -0.2) is 47.8 Å². The molecule has 2 aliphatic heterocycles. The number of piperidine rings is 1. The zero-order chi connectivity index (χ0) is 25.0. The van der Waals surface area contributed by atoms with E-state index in [4.69, 9.17) is 5.10 Å². The molecule has 1 fully saturated rings. The summed E-state index contributed by atoms with van der Waals surface area (Å²) in [5.74, 6) is -3.47. The second-order valence-electron chi connectivity index (χ2n) is 9.32. The number of Topliss-reactive ketones (excluding diaryl/α,β-unsaturated/α-hetero) is 1. The molecule has 3 aromatic heterocycles. The molecule has 6 rings (SSSR count). The van der Waals surface area contributed by atoms with Crippen molar-refractivity contribution in [2.24, 2.45) is 7.05 Å². The number of aryl methyl sites for hydroxylation is 1. The molecular formula is C26H23F3N6O. The molecule has 2 aliphatic rings. The zero-order valence-electron chi connectivity index (χ0n) is 19.5. The molecule has 36 heavy (non-hydrogen) atoms. The summed E-state index contributed by atoms with van der Waals surface area (Å²) < 4.78 is 44.8. The van der Waals surface area contributed by atoms with Gasteiger partial charge in [-0.25, -0.2) is 22.8 Å². The van der Waals surface area contributed by atoms with Crippen LogP contribution in [0.4, 0.5) is 13.2 Å². The highest BCUT2D eigenvalue weighted by atomic mass is 19.2.